The average molecular weight is 546 g/mol. The number of halogens is 2. The first-order chi connectivity index (χ1) is 18.3. The number of carbonyl (C=O) groups excluding carboxylic acids is 1. The molecule has 5 aromatic rings. The monoisotopic (exact) mass is 545 g/mol. The molecule has 1 atom stereocenters. The highest BCUT2D eigenvalue weighted by atomic mass is 35.5. The van der Waals surface area contributed by atoms with Crippen LogP contribution in [0.3, 0.4) is 0 Å². The predicted octanol–water partition coefficient (Wildman–Crippen LogP) is 6.93. The lowest BCUT2D eigenvalue weighted by Crippen LogP contribution is -2.42. The fourth-order valence-electron chi connectivity index (χ4n) is 3.93. The Morgan fingerprint density at radius 1 is 0.921 bits per heavy atom. The van der Waals surface area contributed by atoms with Gasteiger partial charge in [0, 0.05) is 22.7 Å². The Bertz CT molecular complexity index is 1600. The summed E-state index contributed by atoms with van der Waals surface area (Å²) in [6.45, 7) is 0. The van der Waals surface area contributed by atoms with E-state index < -0.39 is 17.9 Å². The van der Waals surface area contributed by atoms with E-state index in [2.05, 4.69) is 15.6 Å². The molecule has 9 heteroatoms. The molecule has 0 unspecified atom stereocenters. The van der Waals surface area contributed by atoms with E-state index in [0.717, 1.165) is 32.6 Å². The Hall–Kier alpha value is -4.27. The van der Waals surface area contributed by atoms with Crippen molar-refractivity contribution < 1.29 is 19.1 Å². The largest absolute Gasteiger partial charge is 0.480 e. The summed E-state index contributed by atoms with van der Waals surface area (Å²) in [5, 5.41) is 16.6. The van der Waals surface area contributed by atoms with E-state index in [1.54, 1.807) is 42.5 Å². The number of rotatable bonds is 8. The molecule has 0 aliphatic heterocycles. The number of hydrogen-bond acceptors (Lipinski definition) is 5. The highest BCUT2D eigenvalue weighted by molar-refractivity contribution is 7.22. The number of thiazole rings is 1. The number of hydrogen-bond donors (Lipinski definition) is 3. The van der Waals surface area contributed by atoms with Crippen LogP contribution in [-0.2, 0) is 11.2 Å². The Balaban J connectivity index is 1.23. The number of amides is 1. The highest BCUT2D eigenvalue weighted by Crippen LogP contribution is 2.30. The van der Waals surface area contributed by atoms with E-state index in [9.17, 15) is 19.1 Å². The third-order valence-corrected chi connectivity index (χ3v) is 7.11. The van der Waals surface area contributed by atoms with Gasteiger partial charge in [0.25, 0.3) is 5.91 Å². The summed E-state index contributed by atoms with van der Waals surface area (Å²) < 4.78 is 14.2. The van der Waals surface area contributed by atoms with Crippen LogP contribution >= 0.6 is 22.9 Å². The van der Waals surface area contributed by atoms with Crippen LogP contribution in [0.5, 0.6) is 0 Å². The summed E-state index contributed by atoms with van der Waals surface area (Å²) >= 11 is 7.26. The summed E-state index contributed by atoms with van der Waals surface area (Å²) in [6.07, 6.45) is 0.143. The number of fused-ring (bicyclic) bond motifs is 1. The zero-order valence-electron chi connectivity index (χ0n) is 19.8. The van der Waals surface area contributed by atoms with Gasteiger partial charge in [-0.1, -0.05) is 59.3 Å². The second-order valence-corrected chi connectivity index (χ2v) is 10.1. The maximum absolute atomic E-state index is 13.4. The number of carbonyl (C=O) groups is 2. The summed E-state index contributed by atoms with van der Waals surface area (Å²) in [6, 6.07) is 24.9. The minimum atomic E-state index is -1.11. The van der Waals surface area contributed by atoms with E-state index in [-0.39, 0.29) is 12.2 Å². The van der Waals surface area contributed by atoms with Gasteiger partial charge in [-0.05, 0) is 71.3 Å². The number of benzene rings is 4. The van der Waals surface area contributed by atoms with Gasteiger partial charge in [-0.2, -0.15) is 0 Å². The Morgan fingerprint density at radius 3 is 2.24 bits per heavy atom. The smallest absolute Gasteiger partial charge is 0.326 e. The lowest BCUT2D eigenvalue weighted by atomic mass is 10.0. The number of nitrogens with one attached hydrogen (secondary N) is 2. The summed E-state index contributed by atoms with van der Waals surface area (Å²) in [4.78, 5) is 28.9. The lowest BCUT2D eigenvalue weighted by molar-refractivity contribution is -0.139. The van der Waals surface area contributed by atoms with E-state index in [1.165, 1.54) is 23.5 Å². The zero-order chi connectivity index (χ0) is 26.6. The molecule has 0 spiro atoms. The number of aliphatic carboxylic acids is 1. The van der Waals surface area contributed by atoms with Gasteiger partial charge in [-0.15, -0.1) is 0 Å². The maximum Gasteiger partial charge on any atom is 0.326 e. The van der Waals surface area contributed by atoms with Crippen LogP contribution in [0, 0.1) is 5.82 Å². The first-order valence-corrected chi connectivity index (χ1v) is 12.9. The van der Waals surface area contributed by atoms with Crippen molar-refractivity contribution in [1.82, 2.24) is 10.3 Å². The topological polar surface area (TPSA) is 91.3 Å². The van der Waals surface area contributed by atoms with Gasteiger partial charge in [0.15, 0.2) is 5.13 Å². The van der Waals surface area contributed by atoms with Gasteiger partial charge in [0.05, 0.1) is 10.2 Å². The molecule has 0 saturated carbocycles. The molecule has 38 heavy (non-hydrogen) atoms. The summed E-state index contributed by atoms with van der Waals surface area (Å²) in [5.41, 5.74) is 4.54. The van der Waals surface area contributed by atoms with Crippen LogP contribution in [0.4, 0.5) is 15.2 Å². The van der Waals surface area contributed by atoms with E-state index in [4.69, 9.17) is 11.6 Å². The average Bonchev–Trinajstić information content (AvgIpc) is 3.31. The molecule has 0 bridgehead atoms. The number of nitrogens with zero attached hydrogens (tertiary/aromatic N) is 1. The van der Waals surface area contributed by atoms with Crippen LogP contribution in [0.1, 0.15) is 15.9 Å². The van der Waals surface area contributed by atoms with Crippen molar-refractivity contribution in [1.29, 1.82) is 0 Å². The molecular formula is C29H21ClFN3O3S. The number of carboxylic acids is 1. The minimum Gasteiger partial charge on any atom is -0.480 e. The molecular weight excluding hydrogens is 525 g/mol. The number of carboxylic acid groups (broad SMARTS) is 1. The normalized spacial score (nSPS) is 11.7. The Kier molecular flexibility index (Phi) is 7.35. The first-order valence-electron chi connectivity index (χ1n) is 11.7. The molecule has 4 aromatic carbocycles. The molecule has 0 aliphatic rings. The van der Waals surface area contributed by atoms with Crippen LogP contribution < -0.4 is 10.6 Å². The molecule has 5 rings (SSSR count). The van der Waals surface area contributed by atoms with Crippen molar-refractivity contribution in [3.63, 3.8) is 0 Å². The van der Waals surface area contributed by atoms with Gasteiger partial charge in [0.1, 0.15) is 11.9 Å². The molecule has 0 radical (unpaired) electrons. The molecule has 0 fully saturated rings. The third kappa shape index (κ3) is 5.99. The number of aromatic nitrogens is 1. The Labute approximate surface area is 226 Å². The van der Waals surface area contributed by atoms with Gasteiger partial charge < -0.3 is 15.7 Å². The summed E-state index contributed by atoms with van der Waals surface area (Å²) in [5.74, 6) is -1.87. The first kappa shape index (κ1) is 25.4. The van der Waals surface area contributed by atoms with Crippen LogP contribution in [0.15, 0.2) is 91.0 Å². The summed E-state index contributed by atoms with van der Waals surface area (Å²) in [7, 11) is 0. The number of anilines is 2. The SMILES string of the molecule is O=C(N[C@@H](Cc1ccc(Cl)cc1)C(=O)O)c1ccc(-c2ccc(Nc3nc4ccc(F)cc4s3)cc2)cc1. The fourth-order valence-corrected chi connectivity index (χ4v) is 4.97. The van der Waals surface area contributed by atoms with Gasteiger partial charge >= 0.3 is 5.97 Å². The van der Waals surface area contributed by atoms with Crippen molar-refractivity contribution in [3.05, 3.63) is 113 Å². The highest BCUT2D eigenvalue weighted by Gasteiger charge is 2.21. The van der Waals surface area contributed by atoms with Crippen LogP contribution in [0.25, 0.3) is 21.3 Å². The van der Waals surface area contributed by atoms with Crippen LogP contribution in [-0.4, -0.2) is 28.0 Å². The van der Waals surface area contributed by atoms with Crippen LogP contribution in [0.2, 0.25) is 5.02 Å². The standard InChI is InChI=1S/C29H21ClFN3O3S/c30-21-9-1-17(2-10-21)15-25(28(36)37)33-27(35)20-5-3-18(4-6-20)19-7-12-23(13-8-19)32-29-34-24-14-11-22(31)16-26(24)38-29/h1-14,16,25H,15H2,(H,32,34)(H,33,35)(H,36,37)/t25-/m0/s1. The molecule has 1 aromatic heterocycles. The molecule has 190 valence electrons. The van der Waals surface area contributed by atoms with Crippen molar-refractivity contribution >= 4 is 55.8 Å². The molecule has 1 heterocycles. The second kappa shape index (κ2) is 11.0. The van der Waals surface area contributed by atoms with Crippen molar-refractivity contribution in [2.75, 3.05) is 5.32 Å². The van der Waals surface area contributed by atoms with E-state index in [1.807, 2.05) is 36.4 Å². The van der Waals surface area contributed by atoms with E-state index in [0.29, 0.717) is 15.7 Å². The van der Waals surface area contributed by atoms with Gasteiger partial charge in [-0.25, -0.2) is 14.2 Å². The quantitative estimate of drug-likeness (QED) is 0.197. The molecule has 0 saturated heterocycles. The predicted molar refractivity (Wildman–Crippen MR) is 149 cm³/mol. The molecule has 1 amide bonds. The van der Waals surface area contributed by atoms with E-state index >= 15 is 0 Å². The minimum absolute atomic E-state index is 0.143. The fraction of sp³-hybridized carbons (Fsp3) is 0.0690. The van der Waals surface area contributed by atoms with Crippen molar-refractivity contribution in [2.24, 2.45) is 0 Å². The lowest BCUT2D eigenvalue weighted by Gasteiger charge is -2.15. The molecule has 3 N–H and O–H groups in total. The third-order valence-electron chi connectivity index (χ3n) is 5.92. The van der Waals surface area contributed by atoms with Gasteiger partial charge in [0.2, 0.25) is 0 Å². The second-order valence-electron chi connectivity index (χ2n) is 8.61. The van der Waals surface area contributed by atoms with Crippen molar-refractivity contribution in [2.45, 2.75) is 12.5 Å². The molecule has 0 aliphatic carbocycles. The zero-order valence-corrected chi connectivity index (χ0v) is 21.4. The maximum atomic E-state index is 13.4. The van der Waals surface area contributed by atoms with Crippen molar-refractivity contribution in [3.8, 4) is 11.1 Å². The Morgan fingerprint density at radius 2 is 1.58 bits per heavy atom. The van der Waals surface area contributed by atoms with Gasteiger partial charge in [-0.3, -0.25) is 4.79 Å². The molecule has 6 nitrogen and oxygen atoms in total.